The van der Waals surface area contributed by atoms with Gasteiger partial charge in [-0.25, -0.2) is 4.99 Å². The molecule has 0 saturated heterocycles. The van der Waals surface area contributed by atoms with Gasteiger partial charge in [-0.2, -0.15) is 0 Å². The van der Waals surface area contributed by atoms with Crippen molar-refractivity contribution >= 4 is 29.9 Å². The van der Waals surface area contributed by atoms with E-state index in [1.54, 1.807) is 0 Å². The van der Waals surface area contributed by atoms with E-state index in [1.165, 1.54) is 12.0 Å². The summed E-state index contributed by atoms with van der Waals surface area (Å²) in [6.07, 6.45) is 2.30. The molecule has 0 amide bonds. The van der Waals surface area contributed by atoms with Gasteiger partial charge in [0.05, 0.1) is 13.2 Å². The van der Waals surface area contributed by atoms with Gasteiger partial charge in [0, 0.05) is 31.3 Å². The summed E-state index contributed by atoms with van der Waals surface area (Å²) in [5.74, 6) is 1.74. The molecule has 1 aromatic carbocycles. The number of nitrogens with one attached hydrogen (secondary N) is 2. The summed E-state index contributed by atoms with van der Waals surface area (Å²) >= 11 is 0. The van der Waals surface area contributed by atoms with Crippen LogP contribution >= 0.6 is 24.0 Å². The number of benzene rings is 1. The molecule has 0 aliphatic rings. The summed E-state index contributed by atoms with van der Waals surface area (Å²) in [6, 6.07) is 6.87. The van der Waals surface area contributed by atoms with Crippen molar-refractivity contribution < 1.29 is 9.47 Å². The van der Waals surface area contributed by atoms with E-state index in [0.29, 0.717) is 32.4 Å². The third-order valence-corrected chi connectivity index (χ3v) is 4.78. The Balaban J connectivity index is 0.00000841. The van der Waals surface area contributed by atoms with Crippen LogP contribution in [0, 0.1) is 6.92 Å². The van der Waals surface area contributed by atoms with Gasteiger partial charge in [0.1, 0.15) is 12.4 Å². The van der Waals surface area contributed by atoms with Crippen LogP contribution in [-0.4, -0.2) is 63.4 Å². The lowest BCUT2D eigenvalue weighted by Crippen LogP contribution is -2.38. The molecule has 6 nitrogen and oxygen atoms in total. The first kappa shape index (κ1) is 28.9. The summed E-state index contributed by atoms with van der Waals surface area (Å²) in [7, 11) is 2.18. The van der Waals surface area contributed by atoms with Gasteiger partial charge in [-0.15, -0.1) is 24.0 Å². The highest BCUT2D eigenvalue weighted by atomic mass is 127. The van der Waals surface area contributed by atoms with E-state index in [4.69, 9.17) is 14.5 Å². The first-order chi connectivity index (χ1) is 14.0. The largest absolute Gasteiger partial charge is 0.491 e. The zero-order chi connectivity index (χ0) is 21.5. The van der Waals surface area contributed by atoms with Crippen LogP contribution in [0.5, 0.6) is 5.75 Å². The van der Waals surface area contributed by atoms with Crippen LogP contribution in [0.1, 0.15) is 51.7 Å². The molecule has 30 heavy (non-hydrogen) atoms. The van der Waals surface area contributed by atoms with Gasteiger partial charge in [-0.3, -0.25) is 0 Å². The standard InChI is InChI=1S/C23H42N4O2.HI/c1-7-24-23(25-13-9-10-14-27(6)19(3)4)26-18-21-12-11-20(5)17-22(21)29-16-15-28-8-2;/h11-12,17,19H,7-10,13-16,18H2,1-6H3,(H2,24,25,26);1H. The molecule has 174 valence electrons. The van der Waals surface area contributed by atoms with E-state index >= 15 is 0 Å². The van der Waals surface area contributed by atoms with Crippen molar-refractivity contribution in [3.63, 3.8) is 0 Å². The average molecular weight is 535 g/mol. The number of rotatable bonds is 14. The summed E-state index contributed by atoms with van der Waals surface area (Å²) in [4.78, 5) is 7.13. The number of hydrogen-bond acceptors (Lipinski definition) is 4. The molecule has 0 bridgehead atoms. The average Bonchev–Trinajstić information content (AvgIpc) is 2.69. The van der Waals surface area contributed by atoms with Gasteiger partial charge in [-0.05, 0) is 72.7 Å². The quantitative estimate of drug-likeness (QED) is 0.162. The zero-order valence-electron chi connectivity index (χ0n) is 19.8. The highest BCUT2D eigenvalue weighted by molar-refractivity contribution is 14.0. The van der Waals surface area contributed by atoms with Crippen molar-refractivity contribution in [2.45, 2.75) is 60.0 Å². The molecule has 0 unspecified atom stereocenters. The van der Waals surface area contributed by atoms with Crippen LogP contribution in [0.4, 0.5) is 0 Å². The molecule has 0 fully saturated rings. The van der Waals surface area contributed by atoms with Crippen LogP contribution in [-0.2, 0) is 11.3 Å². The number of hydrogen-bond donors (Lipinski definition) is 2. The van der Waals surface area contributed by atoms with Crippen LogP contribution in [0.25, 0.3) is 0 Å². The second-order valence-corrected chi connectivity index (χ2v) is 7.56. The zero-order valence-corrected chi connectivity index (χ0v) is 22.1. The molecular weight excluding hydrogens is 491 g/mol. The van der Waals surface area contributed by atoms with Crippen molar-refractivity contribution in [1.82, 2.24) is 15.5 Å². The lowest BCUT2D eigenvalue weighted by Gasteiger charge is -2.20. The van der Waals surface area contributed by atoms with Crippen molar-refractivity contribution in [1.29, 1.82) is 0 Å². The minimum atomic E-state index is 0. The van der Waals surface area contributed by atoms with Crippen LogP contribution in [0.2, 0.25) is 0 Å². The van der Waals surface area contributed by atoms with Gasteiger partial charge in [-0.1, -0.05) is 12.1 Å². The number of guanidine groups is 1. The normalized spacial score (nSPS) is 11.5. The maximum atomic E-state index is 5.93. The highest BCUT2D eigenvalue weighted by Crippen LogP contribution is 2.21. The molecule has 0 aliphatic carbocycles. The SMILES string of the molecule is CCNC(=NCc1ccc(C)cc1OCCOCC)NCCCCN(C)C(C)C.I. The molecule has 0 aromatic heterocycles. The van der Waals surface area contributed by atoms with E-state index in [9.17, 15) is 0 Å². The first-order valence-electron chi connectivity index (χ1n) is 11.0. The minimum absolute atomic E-state index is 0. The van der Waals surface area contributed by atoms with Crippen LogP contribution in [0.3, 0.4) is 0 Å². The molecule has 1 aromatic rings. The molecule has 0 heterocycles. The predicted octanol–water partition coefficient (Wildman–Crippen LogP) is 4.20. The number of nitrogens with zero attached hydrogens (tertiary/aromatic N) is 2. The Labute approximate surface area is 201 Å². The molecular formula is C23H43IN4O2. The first-order valence-corrected chi connectivity index (χ1v) is 11.0. The van der Waals surface area contributed by atoms with E-state index < -0.39 is 0 Å². The molecule has 0 saturated carbocycles. The van der Waals surface area contributed by atoms with Gasteiger partial charge in [0.25, 0.3) is 0 Å². The molecule has 7 heteroatoms. The Bertz CT molecular complexity index is 597. The fourth-order valence-corrected chi connectivity index (χ4v) is 2.74. The monoisotopic (exact) mass is 534 g/mol. The number of unbranched alkanes of at least 4 members (excludes halogenated alkanes) is 1. The second-order valence-electron chi connectivity index (χ2n) is 7.56. The molecule has 0 spiro atoms. The third kappa shape index (κ3) is 12.6. The highest BCUT2D eigenvalue weighted by Gasteiger charge is 2.06. The molecule has 1 rings (SSSR count). The Hall–Kier alpha value is -1.06. The molecule has 0 radical (unpaired) electrons. The van der Waals surface area contributed by atoms with Crippen LogP contribution in [0.15, 0.2) is 23.2 Å². The van der Waals surface area contributed by atoms with Crippen molar-refractivity contribution in [2.24, 2.45) is 4.99 Å². The van der Waals surface area contributed by atoms with E-state index in [0.717, 1.165) is 43.3 Å². The predicted molar refractivity (Wildman–Crippen MR) is 138 cm³/mol. The van der Waals surface area contributed by atoms with Gasteiger partial charge in [0.15, 0.2) is 5.96 Å². The lowest BCUT2D eigenvalue weighted by molar-refractivity contribution is 0.110. The Morgan fingerprint density at radius 2 is 1.90 bits per heavy atom. The van der Waals surface area contributed by atoms with Gasteiger partial charge >= 0.3 is 0 Å². The van der Waals surface area contributed by atoms with E-state index in [1.807, 2.05) is 6.92 Å². The second kappa shape index (κ2) is 17.6. The van der Waals surface area contributed by atoms with Gasteiger partial charge < -0.3 is 25.0 Å². The maximum absolute atomic E-state index is 5.93. The summed E-state index contributed by atoms with van der Waals surface area (Å²) < 4.78 is 11.3. The smallest absolute Gasteiger partial charge is 0.191 e. The fraction of sp³-hybridized carbons (Fsp3) is 0.696. The summed E-state index contributed by atoms with van der Waals surface area (Å²) in [6.45, 7) is 15.9. The number of aliphatic imine (C=N–C) groups is 1. The van der Waals surface area contributed by atoms with E-state index in [2.05, 4.69) is 68.5 Å². The van der Waals surface area contributed by atoms with Gasteiger partial charge in [0.2, 0.25) is 0 Å². The van der Waals surface area contributed by atoms with E-state index in [-0.39, 0.29) is 24.0 Å². The Kier molecular flexibility index (Phi) is 17.0. The van der Waals surface area contributed by atoms with Crippen molar-refractivity contribution in [3.05, 3.63) is 29.3 Å². The summed E-state index contributed by atoms with van der Waals surface area (Å²) in [5.41, 5.74) is 2.27. The summed E-state index contributed by atoms with van der Waals surface area (Å²) in [5, 5.41) is 6.77. The minimum Gasteiger partial charge on any atom is -0.491 e. The third-order valence-electron chi connectivity index (χ3n) is 4.78. The topological polar surface area (TPSA) is 58.1 Å². The Morgan fingerprint density at radius 3 is 2.57 bits per heavy atom. The number of halogens is 1. The maximum Gasteiger partial charge on any atom is 0.191 e. The number of aryl methyl sites for hydroxylation is 1. The van der Waals surface area contributed by atoms with Crippen molar-refractivity contribution in [2.75, 3.05) is 46.5 Å². The molecule has 0 aliphatic heterocycles. The van der Waals surface area contributed by atoms with Crippen LogP contribution < -0.4 is 15.4 Å². The molecule has 2 N–H and O–H groups in total. The lowest BCUT2D eigenvalue weighted by atomic mass is 10.1. The Morgan fingerprint density at radius 1 is 1.13 bits per heavy atom. The fourth-order valence-electron chi connectivity index (χ4n) is 2.74. The number of ether oxygens (including phenoxy) is 2. The molecule has 0 atom stereocenters. The van der Waals surface area contributed by atoms with Crippen molar-refractivity contribution in [3.8, 4) is 5.75 Å².